The molecule has 0 unspecified atom stereocenters. The summed E-state index contributed by atoms with van der Waals surface area (Å²) in [4.78, 5) is 5.25. The van der Waals surface area contributed by atoms with Gasteiger partial charge in [-0.1, -0.05) is 6.92 Å². The van der Waals surface area contributed by atoms with Gasteiger partial charge in [-0.05, 0) is 63.9 Å². The molecule has 0 bridgehead atoms. The predicted octanol–water partition coefficient (Wildman–Crippen LogP) is 2.45. The summed E-state index contributed by atoms with van der Waals surface area (Å²) < 4.78 is 5.59. The van der Waals surface area contributed by atoms with Crippen molar-refractivity contribution in [3.63, 3.8) is 0 Å². The Morgan fingerprint density at radius 1 is 1.38 bits per heavy atom. The van der Waals surface area contributed by atoms with Crippen molar-refractivity contribution in [3.8, 4) is 0 Å². The van der Waals surface area contributed by atoms with Crippen molar-refractivity contribution in [1.82, 2.24) is 9.80 Å². The van der Waals surface area contributed by atoms with Gasteiger partial charge in [-0.15, -0.1) is 0 Å². The molecule has 118 valence electrons. The van der Waals surface area contributed by atoms with Gasteiger partial charge in [0, 0.05) is 18.1 Å². The first-order valence-corrected chi connectivity index (χ1v) is 8.49. The Morgan fingerprint density at radius 2 is 2.14 bits per heavy atom. The van der Waals surface area contributed by atoms with E-state index in [9.17, 15) is 0 Å². The van der Waals surface area contributed by atoms with Crippen molar-refractivity contribution in [2.75, 3.05) is 26.2 Å². The maximum absolute atomic E-state index is 6.26. The number of nitrogens with zero attached hydrogens (tertiary/aromatic N) is 2. The third kappa shape index (κ3) is 3.33. The zero-order valence-electron chi connectivity index (χ0n) is 13.3. The monoisotopic (exact) mass is 291 g/mol. The highest BCUT2D eigenvalue weighted by molar-refractivity contribution is 5.06. The Balaban J connectivity index is 1.70. The topological polar surface area (TPSA) is 45.6 Å². The summed E-state index contributed by atoms with van der Waals surface area (Å²) in [5.74, 6) is 1.07. The van der Waals surface area contributed by atoms with Crippen LogP contribution in [0.5, 0.6) is 0 Å². The van der Waals surface area contributed by atoms with Gasteiger partial charge >= 0.3 is 0 Å². The second-order valence-electron chi connectivity index (χ2n) is 6.71. The average Bonchev–Trinajstić information content (AvgIpc) is 3.23. The fourth-order valence-electron chi connectivity index (χ4n) is 3.76. The maximum atomic E-state index is 6.26. The van der Waals surface area contributed by atoms with E-state index in [0.717, 1.165) is 24.9 Å². The Bertz CT molecular complexity index is 419. The molecule has 3 rings (SSSR count). The van der Waals surface area contributed by atoms with Crippen molar-refractivity contribution in [1.29, 1.82) is 0 Å². The first-order chi connectivity index (χ1) is 10.3. The minimum absolute atomic E-state index is 0.179. The lowest BCUT2D eigenvalue weighted by molar-refractivity contribution is 0.0102. The van der Waals surface area contributed by atoms with Crippen LogP contribution in [-0.4, -0.2) is 47.6 Å². The molecule has 2 fully saturated rings. The Kier molecular flexibility index (Phi) is 4.67. The van der Waals surface area contributed by atoms with Crippen LogP contribution in [0.25, 0.3) is 0 Å². The summed E-state index contributed by atoms with van der Waals surface area (Å²) in [6, 6.07) is 4.79. The first kappa shape index (κ1) is 15.1. The molecule has 1 aromatic heterocycles. The number of hydrogen-bond donors (Lipinski definition) is 1. The molecule has 21 heavy (non-hydrogen) atoms. The average molecular weight is 291 g/mol. The van der Waals surface area contributed by atoms with E-state index in [4.69, 9.17) is 10.2 Å². The van der Waals surface area contributed by atoms with E-state index < -0.39 is 0 Å². The molecule has 2 aliphatic rings. The molecule has 0 radical (unpaired) electrons. The molecule has 1 aliphatic carbocycles. The van der Waals surface area contributed by atoms with Gasteiger partial charge in [-0.25, -0.2) is 0 Å². The summed E-state index contributed by atoms with van der Waals surface area (Å²) >= 11 is 0. The molecule has 1 aromatic rings. The lowest BCUT2D eigenvalue weighted by atomic mass is 9.85. The molecule has 1 aliphatic heterocycles. The molecule has 0 aromatic carbocycles. The van der Waals surface area contributed by atoms with Gasteiger partial charge in [0.05, 0.1) is 12.8 Å². The van der Waals surface area contributed by atoms with Gasteiger partial charge in [0.1, 0.15) is 5.76 Å². The highest BCUT2D eigenvalue weighted by Gasteiger charge is 2.45. The van der Waals surface area contributed by atoms with E-state index in [1.54, 1.807) is 6.26 Å². The molecule has 0 amide bonds. The van der Waals surface area contributed by atoms with Crippen molar-refractivity contribution in [3.05, 3.63) is 24.2 Å². The summed E-state index contributed by atoms with van der Waals surface area (Å²) in [7, 11) is 0. The molecule has 4 nitrogen and oxygen atoms in total. The Hall–Kier alpha value is -0.840. The molecule has 0 spiro atoms. The quantitative estimate of drug-likeness (QED) is 0.838. The van der Waals surface area contributed by atoms with Crippen LogP contribution in [0.1, 0.15) is 44.8 Å². The van der Waals surface area contributed by atoms with E-state index in [1.807, 2.05) is 6.07 Å². The summed E-state index contributed by atoms with van der Waals surface area (Å²) in [5.41, 5.74) is 6.44. The molecule has 1 saturated heterocycles. The zero-order chi connectivity index (χ0) is 14.7. The van der Waals surface area contributed by atoms with Crippen LogP contribution in [-0.2, 0) is 6.54 Å². The van der Waals surface area contributed by atoms with Crippen LogP contribution in [0.15, 0.2) is 22.8 Å². The molecular weight excluding hydrogens is 262 g/mol. The Labute approximate surface area is 128 Å². The first-order valence-electron chi connectivity index (χ1n) is 8.49. The minimum Gasteiger partial charge on any atom is -0.468 e. The second kappa shape index (κ2) is 6.51. The molecule has 2 N–H and O–H groups in total. The fourth-order valence-corrected chi connectivity index (χ4v) is 3.76. The number of likely N-dealkylation sites (tertiary alicyclic amines) is 1. The molecule has 0 atom stereocenters. The summed E-state index contributed by atoms with van der Waals surface area (Å²) in [6.07, 6.45) is 8.05. The van der Waals surface area contributed by atoms with Gasteiger partial charge in [0.2, 0.25) is 0 Å². The minimum atomic E-state index is 0.179. The Morgan fingerprint density at radius 3 is 2.67 bits per heavy atom. The van der Waals surface area contributed by atoms with E-state index in [0.29, 0.717) is 0 Å². The van der Waals surface area contributed by atoms with E-state index in [2.05, 4.69) is 22.8 Å². The van der Waals surface area contributed by atoms with Crippen molar-refractivity contribution in [2.24, 2.45) is 5.73 Å². The highest BCUT2D eigenvalue weighted by Crippen LogP contribution is 2.39. The molecule has 1 saturated carbocycles. The van der Waals surface area contributed by atoms with Gasteiger partial charge in [-0.2, -0.15) is 0 Å². The van der Waals surface area contributed by atoms with Crippen molar-refractivity contribution < 1.29 is 4.42 Å². The third-order valence-electron chi connectivity index (χ3n) is 5.21. The summed E-state index contributed by atoms with van der Waals surface area (Å²) in [5, 5.41) is 0. The van der Waals surface area contributed by atoms with Crippen LogP contribution in [0.2, 0.25) is 0 Å². The fraction of sp³-hybridized carbons (Fsp3) is 0.765. The van der Waals surface area contributed by atoms with Gasteiger partial charge < -0.3 is 15.1 Å². The van der Waals surface area contributed by atoms with Crippen LogP contribution < -0.4 is 5.73 Å². The number of furan rings is 1. The van der Waals surface area contributed by atoms with Gasteiger partial charge in [-0.3, -0.25) is 4.90 Å². The molecular formula is C17H29N3O. The second-order valence-corrected chi connectivity index (χ2v) is 6.71. The van der Waals surface area contributed by atoms with E-state index in [-0.39, 0.29) is 5.54 Å². The van der Waals surface area contributed by atoms with Crippen molar-refractivity contribution in [2.45, 2.75) is 57.2 Å². The van der Waals surface area contributed by atoms with E-state index in [1.165, 1.54) is 51.7 Å². The lowest BCUT2D eigenvalue weighted by Crippen LogP contribution is -2.59. The van der Waals surface area contributed by atoms with Crippen LogP contribution in [0.3, 0.4) is 0 Å². The lowest BCUT2D eigenvalue weighted by Gasteiger charge is -2.48. The molecule has 4 heteroatoms. The van der Waals surface area contributed by atoms with Gasteiger partial charge in [0.25, 0.3) is 0 Å². The smallest absolute Gasteiger partial charge is 0.117 e. The maximum Gasteiger partial charge on any atom is 0.117 e. The highest BCUT2D eigenvalue weighted by atomic mass is 16.3. The largest absolute Gasteiger partial charge is 0.468 e. The van der Waals surface area contributed by atoms with Gasteiger partial charge in [0.15, 0.2) is 0 Å². The zero-order valence-corrected chi connectivity index (χ0v) is 13.3. The number of piperidine rings is 1. The number of hydrogen-bond acceptors (Lipinski definition) is 4. The molecule has 2 heterocycles. The standard InChI is InChI=1S/C17H29N3O/c1-2-9-19-10-7-17(14-18,8-11-19)20(15-5-6-15)13-16-4-3-12-21-16/h3-4,12,15H,2,5-11,13-14,18H2,1H3. The summed E-state index contributed by atoms with van der Waals surface area (Å²) in [6.45, 7) is 7.55. The van der Waals surface area contributed by atoms with E-state index >= 15 is 0 Å². The van der Waals surface area contributed by atoms with Crippen LogP contribution in [0.4, 0.5) is 0 Å². The third-order valence-corrected chi connectivity index (χ3v) is 5.21. The SMILES string of the molecule is CCCN1CCC(CN)(N(Cc2ccco2)C2CC2)CC1. The van der Waals surface area contributed by atoms with Crippen LogP contribution >= 0.6 is 0 Å². The van der Waals surface area contributed by atoms with Crippen LogP contribution in [0, 0.1) is 0 Å². The predicted molar refractivity (Wildman–Crippen MR) is 85.0 cm³/mol. The number of nitrogens with two attached hydrogens (primary N) is 1. The normalized spacial score (nSPS) is 22.8. The van der Waals surface area contributed by atoms with Crippen molar-refractivity contribution >= 4 is 0 Å². The number of rotatable bonds is 7.